The van der Waals surface area contributed by atoms with Crippen LogP contribution in [0.25, 0.3) is 28.3 Å². The SMILES string of the molecule is COc1ccc(-c2cnc(-c3cc(C(C)C)c(O)cc3O)n2-c2ccc(CN3CCN(C)CC3)cc2)cc1. The number of likely N-dealkylation sites (N-methyl/N-ethyl adjacent to an activating group) is 1. The molecule has 2 N–H and O–H groups in total. The third-order valence-corrected chi connectivity index (χ3v) is 7.35. The molecule has 0 radical (unpaired) electrons. The van der Waals surface area contributed by atoms with Crippen molar-refractivity contribution in [1.29, 1.82) is 0 Å². The van der Waals surface area contributed by atoms with Gasteiger partial charge in [-0.05, 0) is 66.6 Å². The molecule has 1 saturated heterocycles. The zero-order valence-corrected chi connectivity index (χ0v) is 22.6. The van der Waals surface area contributed by atoms with Gasteiger partial charge in [-0.25, -0.2) is 4.98 Å². The summed E-state index contributed by atoms with van der Waals surface area (Å²) >= 11 is 0. The van der Waals surface area contributed by atoms with Crippen molar-refractivity contribution >= 4 is 0 Å². The number of phenols is 2. The first-order valence-electron chi connectivity index (χ1n) is 13.1. The van der Waals surface area contributed by atoms with Crippen LogP contribution in [0.2, 0.25) is 0 Å². The second-order valence-corrected chi connectivity index (χ2v) is 10.4. The Labute approximate surface area is 224 Å². The number of hydrogen-bond donors (Lipinski definition) is 2. The molecule has 0 aliphatic carbocycles. The van der Waals surface area contributed by atoms with E-state index in [9.17, 15) is 10.2 Å². The lowest BCUT2D eigenvalue weighted by Gasteiger charge is -2.32. The van der Waals surface area contributed by atoms with Gasteiger partial charge in [-0.3, -0.25) is 9.47 Å². The fraction of sp³-hybridized carbons (Fsp3) is 0.323. The van der Waals surface area contributed by atoms with E-state index in [2.05, 4.69) is 45.7 Å². The summed E-state index contributed by atoms with van der Waals surface area (Å²) in [6.45, 7) is 9.29. The average Bonchev–Trinajstić information content (AvgIpc) is 3.35. The van der Waals surface area contributed by atoms with Crippen molar-refractivity contribution in [3.05, 3.63) is 78.0 Å². The van der Waals surface area contributed by atoms with Crippen LogP contribution in [-0.4, -0.2) is 69.9 Å². The van der Waals surface area contributed by atoms with Crippen molar-refractivity contribution < 1.29 is 14.9 Å². The van der Waals surface area contributed by atoms with Gasteiger partial charge in [0.05, 0.1) is 24.6 Å². The van der Waals surface area contributed by atoms with Gasteiger partial charge in [0.2, 0.25) is 0 Å². The minimum absolute atomic E-state index is 0.00767. The lowest BCUT2D eigenvalue weighted by atomic mass is 9.98. The Bertz CT molecular complexity index is 1390. The minimum atomic E-state index is -0.00767. The Kier molecular flexibility index (Phi) is 7.40. The lowest BCUT2D eigenvalue weighted by molar-refractivity contribution is 0.148. The number of hydrogen-bond acceptors (Lipinski definition) is 6. The summed E-state index contributed by atoms with van der Waals surface area (Å²) < 4.78 is 7.42. The maximum absolute atomic E-state index is 10.9. The Morgan fingerprint density at radius 2 is 1.58 bits per heavy atom. The Balaban J connectivity index is 1.57. The first kappa shape index (κ1) is 25.8. The van der Waals surface area contributed by atoms with Crippen molar-refractivity contribution in [2.24, 2.45) is 0 Å². The van der Waals surface area contributed by atoms with E-state index in [1.54, 1.807) is 7.11 Å². The van der Waals surface area contributed by atoms with Gasteiger partial charge in [-0.1, -0.05) is 26.0 Å². The molecule has 0 spiro atoms. The van der Waals surface area contributed by atoms with E-state index in [0.717, 1.165) is 61.0 Å². The number of aromatic nitrogens is 2. The van der Waals surface area contributed by atoms with E-state index in [1.165, 1.54) is 11.6 Å². The zero-order valence-electron chi connectivity index (χ0n) is 22.6. The van der Waals surface area contributed by atoms with Crippen LogP contribution < -0.4 is 4.74 Å². The number of nitrogens with zero attached hydrogens (tertiary/aromatic N) is 4. The number of phenolic OH excluding ortho intramolecular Hbond substituents is 2. The van der Waals surface area contributed by atoms with Crippen LogP contribution in [0, 0.1) is 0 Å². The first-order chi connectivity index (χ1) is 18.3. The van der Waals surface area contributed by atoms with Gasteiger partial charge in [0.1, 0.15) is 23.1 Å². The minimum Gasteiger partial charge on any atom is -0.508 e. The maximum Gasteiger partial charge on any atom is 0.148 e. The molecule has 3 aromatic carbocycles. The van der Waals surface area contributed by atoms with Gasteiger partial charge in [-0.15, -0.1) is 0 Å². The van der Waals surface area contributed by atoms with Crippen molar-refractivity contribution in [2.45, 2.75) is 26.3 Å². The monoisotopic (exact) mass is 512 g/mol. The van der Waals surface area contributed by atoms with Crippen LogP contribution in [0.5, 0.6) is 17.2 Å². The average molecular weight is 513 g/mol. The van der Waals surface area contributed by atoms with Gasteiger partial charge in [0.15, 0.2) is 0 Å². The van der Waals surface area contributed by atoms with Crippen LogP contribution in [0.15, 0.2) is 66.9 Å². The summed E-state index contributed by atoms with van der Waals surface area (Å²) in [5.74, 6) is 1.57. The fourth-order valence-electron chi connectivity index (χ4n) is 5.02. The van der Waals surface area contributed by atoms with Crippen molar-refractivity contribution in [3.8, 4) is 45.6 Å². The molecule has 38 heavy (non-hydrogen) atoms. The summed E-state index contributed by atoms with van der Waals surface area (Å²) in [7, 11) is 3.83. The molecule has 7 nitrogen and oxygen atoms in total. The summed E-state index contributed by atoms with van der Waals surface area (Å²) in [4.78, 5) is 9.63. The normalized spacial score (nSPS) is 14.8. The van der Waals surface area contributed by atoms with Gasteiger partial charge in [0.25, 0.3) is 0 Å². The molecule has 4 aromatic rings. The molecular formula is C31H36N4O3. The van der Waals surface area contributed by atoms with Crippen molar-refractivity contribution in [2.75, 3.05) is 40.3 Å². The zero-order chi connectivity index (χ0) is 26.8. The highest BCUT2D eigenvalue weighted by atomic mass is 16.5. The van der Waals surface area contributed by atoms with Crippen LogP contribution in [0.4, 0.5) is 0 Å². The Hall–Kier alpha value is -3.81. The van der Waals surface area contributed by atoms with E-state index in [-0.39, 0.29) is 17.4 Å². The van der Waals surface area contributed by atoms with Gasteiger partial charge in [0, 0.05) is 50.0 Å². The van der Waals surface area contributed by atoms with Gasteiger partial charge in [-0.2, -0.15) is 0 Å². The molecule has 1 aliphatic rings. The highest BCUT2D eigenvalue weighted by Crippen LogP contribution is 2.40. The van der Waals surface area contributed by atoms with Crippen LogP contribution in [0.3, 0.4) is 0 Å². The van der Waals surface area contributed by atoms with E-state index >= 15 is 0 Å². The smallest absolute Gasteiger partial charge is 0.148 e. The summed E-state index contributed by atoms with van der Waals surface area (Å²) in [6.07, 6.45) is 1.83. The summed E-state index contributed by atoms with van der Waals surface area (Å²) in [6, 6.07) is 19.7. The standard InChI is InChI=1S/C31H36N4O3/c1-21(2)26-17-27(30(37)18-29(26)36)31-32-19-28(23-7-11-25(38-4)12-8-23)35(31)24-9-5-22(6-10-24)20-34-15-13-33(3)14-16-34/h5-12,17-19,21,36-37H,13-16,20H2,1-4H3. The van der Waals surface area contributed by atoms with Gasteiger partial charge >= 0.3 is 0 Å². The van der Waals surface area contributed by atoms with E-state index in [1.807, 2.05) is 50.4 Å². The predicted molar refractivity (Wildman–Crippen MR) is 151 cm³/mol. The number of imidazole rings is 1. The van der Waals surface area contributed by atoms with Crippen LogP contribution in [-0.2, 0) is 6.54 Å². The third kappa shape index (κ3) is 5.26. The topological polar surface area (TPSA) is 74.0 Å². The van der Waals surface area contributed by atoms with Crippen molar-refractivity contribution in [3.63, 3.8) is 0 Å². The molecule has 0 saturated carbocycles. The Morgan fingerprint density at radius 3 is 2.21 bits per heavy atom. The van der Waals surface area contributed by atoms with Gasteiger partial charge < -0.3 is 19.8 Å². The molecular weight excluding hydrogens is 476 g/mol. The third-order valence-electron chi connectivity index (χ3n) is 7.35. The molecule has 0 atom stereocenters. The number of methoxy groups -OCH3 is 1. The lowest BCUT2D eigenvalue weighted by Crippen LogP contribution is -2.43. The van der Waals surface area contributed by atoms with E-state index in [0.29, 0.717) is 11.4 Å². The molecule has 0 unspecified atom stereocenters. The fourth-order valence-corrected chi connectivity index (χ4v) is 5.02. The number of piperazine rings is 1. The second kappa shape index (κ2) is 10.9. The Morgan fingerprint density at radius 1 is 0.895 bits per heavy atom. The number of aromatic hydroxyl groups is 2. The molecule has 1 aliphatic heterocycles. The van der Waals surface area contributed by atoms with Crippen molar-refractivity contribution in [1.82, 2.24) is 19.4 Å². The van der Waals surface area contributed by atoms with E-state index < -0.39 is 0 Å². The second-order valence-electron chi connectivity index (χ2n) is 10.4. The molecule has 0 bridgehead atoms. The first-order valence-corrected chi connectivity index (χ1v) is 13.1. The van der Waals surface area contributed by atoms with E-state index in [4.69, 9.17) is 9.72 Å². The summed E-state index contributed by atoms with van der Waals surface area (Å²) in [5.41, 5.74) is 5.43. The maximum atomic E-state index is 10.9. The largest absolute Gasteiger partial charge is 0.508 e. The molecule has 7 heteroatoms. The molecule has 198 valence electrons. The predicted octanol–water partition coefficient (Wildman–Crippen LogP) is 5.50. The van der Waals surface area contributed by atoms with Crippen LogP contribution in [0.1, 0.15) is 30.9 Å². The highest BCUT2D eigenvalue weighted by Gasteiger charge is 2.21. The molecule has 5 rings (SSSR count). The molecule has 1 aromatic heterocycles. The van der Waals surface area contributed by atoms with Crippen LogP contribution >= 0.6 is 0 Å². The highest BCUT2D eigenvalue weighted by molar-refractivity contribution is 5.74. The summed E-state index contributed by atoms with van der Waals surface area (Å²) in [5, 5.41) is 21.3. The number of ether oxygens (including phenoxy) is 1. The molecule has 2 heterocycles. The number of benzene rings is 3. The number of rotatable bonds is 7. The molecule has 0 amide bonds. The quantitative estimate of drug-likeness (QED) is 0.341. The molecule has 1 fully saturated rings.